The highest BCUT2D eigenvalue weighted by Crippen LogP contribution is 2.26. The standard InChI is InChI=1S/C35H40N6O7/c1-21-31(43)41-18-6-7-26(38-41)32(44)40(5)39(4)29-15-14-24-11-8-23(19-27(24)37-29)16-17-35(2,3)34(47)48-28(30(42)36-21)20-22-9-12-25(13-10-22)33(45)46/h8-17,19,21,26,28,38H,6-7,18,20H2,1-5H3,(H,36,42)(H,45,46)/b17-16+/t21-,26-,28-/m0/s1. The Morgan fingerprint density at radius 1 is 1.00 bits per heavy atom. The first kappa shape index (κ1) is 34.0. The first-order valence-corrected chi connectivity index (χ1v) is 15.8. The van der Waals surface area contributed by atoms with Gasteiger partial charge in [-0.25, -0.2) is 15.2 Å². The van der Waals surface area contributed by atoms with Gasteiger partial charge in [0.05, 0.1) is 16.5 Å². The Labute approximate surface area is 278 Å². The van der Waals surface area contributed by atoms with Gasteiger partial charge in [0.25, 0.3) is 17.7 Å². The van der Waals surface area contributed by atoms with Crippen LogP contribution >= 0.6 is 0 Å². The molecule has 2 aliphatic rings. The fourth-order valence-corrected chi connectivity index (χ4v) is 5.50. The van der Waals surface area contributed by atoms with Crippen molar-refractivity contribution in [3.05, 3.63) is 77.4 Å². The number of benzene rings is 2. The molecule has 3 aromatic rings. The Morgan fingerprint density at radius 2 is 1.71 bits per heavy atom. The van der Waals surface area contributed by atoms with Crippen molar-refractivity contribution in [1.82, 2.24) is 25.7 Å². The van der Waals surface area contributed by atoms with E-state index in [1.165, 1.54) is 29.1 Å². The van der Waals surface area contributed by atoms with E-state index < -0.39 is 47.4 Å². The number of carboxylic acids is 1. The van der Waals surface area contributed by atoms with Gasteiger partial charge < -0.3 is 15.2 Å². The topological polar surface area (TPSA) is 161 Å². The number of carboxylic acid groups (broad SMARTS) is 1. The number of hydrogen-bond donors (Lipinski definition) is 3. The smallest absolute Gasteiger partial charge is 0.335 e. The van der Waals surface area contributed by atoms with Crippen molar-refractivity contribution < 1.29 is 33.8 Å². The van der Waals surface area contributed by atoms with Crippen LogP contribution < -0.4 is 15.8 Å². The van der Waals surface area contributed by atoms with Crippen LogP contribution in [-0.2, 0) is 30.3 Å². The second-order valence-electron chi connectivity index (χ2n) is 12.7. The summed E-state index contributed by atoms with van der Waals surface area (Å²) in [5.41, 5.74) is 3.95. The fourth-order valence-electron chi connectivity index (χ4n) is 5.50. The normalized spacial score (nSPS) is 23.1. The number of fused-ring (bicyclic) bond motifs is 4. The lowest BCUT2D eigenvalue weighted by Crippen LogP contribution is -2.62. The Bertz CT molecular complexity index is 1770. The molecule has 2 aromatic carbocycles. The van der Waals surface area contributed by atoms with Crippen LogP contribution in [0.15, 0.2) is 60.7 Å². The molecule has 0 spiro atoms. The molecule has 1 saturated heterocycles. The lowest BCUT2D eigenvalue weighted by molar-refractivity contribution is -0.162. The van der Waals surface area contributed by atoms with E-state index in [1.807, 2.05) is 30.3 Å². The first-order valence-electron chi connectivity index (χ1n) is 15.8. The van der Waals surface area contributed by atoms with Gasteiger partial charge >= 0.3 is 11.9 Å². The lowest BCUT2D eigenvalue weighted by atomic mass is 9.92. The van der Waals surface area contributed by atoms with Crippen LogP contribution in [0.3, 0.4) is 0 Å². The minimum atomic E-state index is -1.33. The van der Waals surface area contributed by atoms with E-state index in [9.17, 15) is 29.1 Å². The van der Waals surface area contributed by atoms with Crippen molar-refractivity contribution in [3.63, 3.8) is 0 Å². The van der Waals surface area contributed by atoms with Crippen molar-refractivity contribution in [1.29, 1.82) is 0 Å². The zero-order chi connectivity index (χ0) is 34.7. The SMILES string of the molecule is C[C@@H]1NC(=O)[C@H](Cc2ccc(C(=O)O)cc2)OC(=O)C(C)(C)/C=C/c2ccc3ccc(nc3c2)N(C)N(C)C(=O)[C@@H]2CCCN(N2)C1=O. The highest BCUT2D eigenvalue weighted by Gasteiger charge is 2.36. The second kappa shape index (κ2) is 13.8. The van der Waals surface area contributed by atoms with Gasteiger partial charge in [0, 0.05) is 32.4 Å². The Hall–Kier alpha value is -5.30. The summed E-state index contributed by atoms with van der Waals surface area (Å²) in [6.07, 6.45) is 3.12. The summed E-state index contributed by atoms with van der Waals surface area (Å²) in [4.78, 5) is 70.4. The van der Waals surface area contributed by atoms with Crippen molar-refractivity contribution >= 4 is 52.5 Å². The summed E-state index contributed by atoms with van der Waals surface area (Å²) in [6.45, 7) is 5.18. The maximum atomic E-state index is 13.6. The monoisotopic (exact) mass is 656 g/mol. The number of ether oxygens (including phenoxy) is 1. The molecule has 0 saturated carbocycles. The number of carbonyl (C=O) groups is 5. The van der Waals surface area contributed by atoms with Gasteiger partial charge in [0.1, 0.15) is 17.9 Å². The zero-order valence-corrected chi connectivity index (χ0v) is 27.6. The maximum absolute atomic E-state index is 13.6. The molecular formula is C35H40N6O7. The van der Waals surface area contributed by atoms with E-state index in [0.717, 1.165) is 10.9 Å². The number of nitrogens with zero attached hydrogens (tertiary/aromatic N) is 4. The van der Waals surface area contributed by atoms with Gasteiger partial charge in [-0.05, 0) is 75.1 Å². The third kappa shape index (κ3) is 7.46. The number of hydrazine groups is 2. The molecular weight excluding hydrogens is 616 g/mol. The highest BCUT2D eigenvalue weighted by atomic mass is 16.5. The minimum Gasteiger partial charge on any atom is -0.478 e. The third-order valence-electron chi connectivity index (χ3n) is 8.66. The van der Waals surface area contributed by atoms with Crippen LogP contribution in [0.25, 0.3) is 17.0 Å². The molecule has 2 aliphatic heterocycles. The minimum absolute atomic E-state index is 0.0603. The molecule has 3 N–H and O–H groups in total. The van der Waals surface area contributed by atoms with Gasteiger partial charge in [-0.1, -0.05) is 36.4 Å². The summed E-state index contributed by atoms with van der Waals surface area (Å²) in [5, 5.41) is 17.3. The predicted molar refractivity (Wildman–Crippen MR) is 178 cm³/mol. The molecule has 3 atom stereocenters. The predicted octanol–water partition coefficient (Wildman–Crippen LogP) is 2.95. The van der Waals surface area contributed by atoms with Crippen LogP contribution in [0, 0.1) is 5.41 Å². The molecule has 0 radical (unpaired) electrons. The maximum Gasteiger partial charge on any atom is 0.335 e. The number of likely N-dealkylation sites (N-methyl/N-ethyl adjacent to an activating group) is 1. The Morgan fingerprint density at radius 3 is 2.42 bits per heavy atom. The molecule has 1 fully saturated rings. The first-order chi connectivity index (χ1) is 22.7. The number of aromatic nitrogens is 1. The number of anilines is 1. The fraction of sp³-hybridized carbons (Fsp3) is 0.371. The number of aromatic carboxylic acids is 1. The van der Waals surface area contributed by atoms with Crippen LogP contribution in [0.1, 0.15) is 55.1 Å². The van der Waals surface area contributed by atoms with Crippen LogP contribution in [0.2, 0.25) is 0 Å². The van der Waals surface area contributed by atoms with E-state index in [-0.39, 0.29) is 17.9 Å². The van der Waals surface area contributed by atoms with Crippen LogP contribution in [-0.4, -0.2) is 88.6 Å². The number of nitrogens with one attached hydrogen (secondary N) is 2. The van der Waals surface area contributed by atoms with Gasteiger partial charge in [-0.15, -0.1) is 0 Å². The van der Waals surface area contributed by atoms with E-state index in [1.54, 1.807) is 57.2 Å². The molecule has 1 aromatic heterocycles. The molecule has 5 bridgehead atoms. The average molecular weight is 657 g/mol. The van der Waals surface area contributed by atoms with Gasteiger partial charge in [0.15, 0.2) is 6.10 Å². The van der Waals surface area contributed by atoms with Crippen molar-refractivity contribution in [2.24, 2.45) is 5.41 Å². The van der Waals surface area contributed by atoms with Crippen molar-refractivity contribution in [3.8, 4) is 0 Å². The molecule has 0 unspecified atom stereocenters. The summed E-state index contributed by atoms with van der Waals surface area (Å²) in [7, 11) is 3.38. The third-order valence-corrected chi connectivity index (χ3v) is 8.66. The zero-order valence-electron chi connectivity index (χ0n) is 27.6. The van der Waals surface area contributed by atoms with E-state index >= 15 is 0 Å². The Balaban J connectivity index is 1.51. The Kier molecular flexibility index (Phi) is 9.80. The molecule has 3 amide bonds. The van der Waals surface area contributed by atoms with Crippen LogP contribution in [0.4, 0.5) is 5.82 Å². The highest BCUT2D eigenvalue weighted by molar-refractivity contribution is 5.92. The second-order valence-corrected chi connectivity index (χ2v) is 12.7. The molecule has 3 heterocycles. The molecule has 252 valence electrons. The quantitative estimate of drug-likeness (QED) is 0.358. The molecule has 5 rings (SSSR count). The van der Waals surface area contributed by atoms with Crippen molar-refractivity contribution in [2.75, 3.05) is 25.6 Å². The largest absolute Gasteiger partial charge is 0.478 e. The summed E-state index contributed by atoms with van der Waals surface area (Å²) < 4.78 is 5.81. The lowest BCUT2D eigenvalue weighted by Gasteiger charge is -2.38. The number of hydrogen-bond acceptors (Lipinski definition) is 9. The summed E-state index contributed by atoms with van der Waals surface area (Å²) in [6, 6.07) is 13.6. The van der Waals surface area contributed by atoms with Gasteiger partial charge in [0.2, 0.25) is 0 Å². The van der Waals surface area contributed by atoms with E-state index in [4.69, 9.17) is 9.72 Å². The number of carbonyl (C=O) groups excluding carboxylic acids is 4. The summed E-state index contributed by atoms with van der Waals surface area (Å²) >= 11 is 0. The number of cyclic esters (lactones) is 1. The molecule has 48 heavy (non-hydrogen) atoms. The van der Waals surface area contributed by atoms with E-state index in [0.29, 0.717) is 36.3 Å². The summed E-state index contributed by atoms with van der Waals surface area (Å²) in [5.74, 6) is -2.65. The number of rotatable bonds is 3. The van der Waals surface area contributed by atoms with E-state index in [2.05, 4.69) is 10.7 Å². The molecule has 13 heteroatoms. The number of amides is 3. The van der Waals surface area contributed by atoms with Crippen LogP contribution in [0.5, 0.6) is 0 Å². The van der Waals surface area contributed by atoms with Crippen molar-refractivity contribution in [2.45, 2.75) is 58.2 Å². The van der Waals surface area contributed by atoms with Gasteiger partial charge in [-0.2, -0.15) is 0 Å². The van der Waals surface area contributed by atoms with Gasteiger partial charge in [-0.3, -0.25) is 34.2 Å². The number of pyridine rings is 1. The average Bonchev–Trinajstić information content (AvgIpc) is 3.08. The molecule has 13 nitrogen and oxygen atoms in total. The number of esters is 1. The molecule has 0 aliphatic carbocycles.